The van der Waals surface area contributed by atoms with E-state index in [2.05, 4.69) is 37.4 Å². The number of aromatic carboxylic acids is 1. The number of nitrogens with one attached hydrogen (secondary N) is 1. The molecule has 3 heteroatoms. The average molecular weight is 269 g/mol. The van der Waals surface area contributed by atoms with E-state index in [0.717, 1.165) is 12.1 Å². The number of rotatable bonds is 5. The van der Waals surface area contributed by atoms with Gasteiger partial charge in [0.2, 0.25) is 0 Å². The first-order valence-corrected chi connectivity index (χ1v) is 6.65. The maximum Gasteiger partial charge on any atom is 0.335 e. The SMILES string of the molecule is Cc1ccc(C)c(CNCc2cccc(C(=O)O)c2)c1. The molecule has 0 unspecified atom stereocenters. The molecule has 0 saturated heterocycles. The fourth-order valence-corrected chi connectivity index (χ4v) is 2.15. The number of aryl methyl sites for hydroxylation is 2. The van der Waals surface area contributed by atoms with Crippen LogP contribution in [0.25, 0.3) is 0 Å². The van der Waals surface area contributed by atoms with E-state index in [1.165, 1.54) is 16.7 Å². The van der Waals surface area contributed by atoms with Crippen molar-refractivity contribution in [2.24, 2.45) is 0 Å². The summed E-state index contributed by atoms with van der Waals surface area (Å²) in [6, 6.07) is 13.4. The third-order valence-electron chi connectivity index (χ3n) is 3.32. The van der Waals surface area contributed by atoms with E-state index in [9.17, 15) is 4.79 Å². The Balaban J connectivity index is 1.97. The second-order valence-corrected chi connectivity index (χ2v) is 5.04. The summed E-state index contributed by atoms with van der Waals surface area (Å²) in [6.45, 7) is 5.63. The van der Waals surface area contributed by atoms with E-state index < -0.39 is 5.97 Å². The highest BCUT2D eigenvalue weighted by atomic mass is 16.4. The van der Waals surface area contributed by atoms with Crippen LogP contribution in [-0.4, -0.2) is 11.1 Å². The van der Waals surface area contributed by atoms with Crippen LogP contribution in [0.4, 0.5) is 0 Å². The fourth-order valence-electron chi connectivity index (χ4n) is 2.15. The highest BCUT2D eigenvalue weighted by Crippen LogP contribution is 2.11. The summed E-state index contributed by atoms with van der Waals surface area (Å²) in [5.41, 5.74) is 5.10. The normalized spacial score (nSPS) is 10.5. The van der Waals surface area contributed by atoms with Crippen molar-refractivity contribution in [3.05, 3.63) is 70.3 Å². The molecule has 2 rings (SSSR count). The molecule has 0 aliphatic rings. The number of carbonyl (C=O) groups is 1. The molecule has 0 fully saturated rings. The first-order chi connectivity index (χ1) is 9.56. The van der Waals surface area contributed by atoms with Crippen molar-refractivity contribution in [1.29, 1.82) is 0 Å². The van der Waals surface area contributed by atoms with Gasteiger partial charge in [-0.2, -0.15) is 0 Å². The Labute approximate surface area is 119 Å². The van der Waals surface area contributed by atoms with E-state index in [-0.39, 0.29) is 0 Å². The summed E-state index contributed by atoms with van der Waals surface area (Å²) in [6.07, 6.45) is 0. The molecule has 0 atom stereocenters. The molecule has 0 spiro atoms. The summed E-state index contributed by atoms with van der Waals surface area (Å²) in [7, 11) is 0. The average Bonchev–Trinajstić information content (AvgIpc) is 2.43. The van der Waals surface area contributed by atoms with Crippen LogP contribution in [0.3, 0.4) is 0 Å². The standard InChI is InChI=1S/C17H19NO2/c1-12-6-7-13(2)16(8-12)11-18-10-14-4-3-5-15(9-14)17(19)20/h3-9,18H,10-11H2,1-2H3,(H,19,20). The lowest BCUT2D eigenvalue weighted by molar-refractivity contribution is 0.0696. The van der Waals surface area contributed by atoms with Crippen LogP contribution in [0.15, 0.2) is 42.5 Å². The second-order valence-electron chi connectivity index (χ2n) is 5.04. The van der Waals surface area contributed by atoms with E-state index >= 15 is 0 Å². The van der Waals surface area contributed by atoms with Gasteiger partial charge in [-0.3, -0.25) is 0 Å². The number of benzene rings is 2. The van der Waals surface area contributed by atoms with Gasteiger partial charge in [-0.05, 0) is 42.7 Å². The third-order valence-corrected chi connectivity index (χ3v) is 3.32. The van der Waals surface area contributed by atoms with Gasteiger partial charge < -0.3 is 10.4 Å². The van der Waals surface area contributed by atoms with Gasteiger partial charge in [0.15, 0.2) is 0 Å². The van der Waals surface area contributed by atoms with Crippen LogP contribution in [0.2, 0.25) is 0 Å². The van der Waals surface area contributed by atoms with E-state index in [1.54, 1.807) is 18.2 Å². The quantitative estimate of drug-likeness (QED) is 0.875. The van der Waals surface area contributed by atoms with E-state index in [1.807, 2.05) is 6.07 Å². The molecule has 0 bridgehead atoms. The maximum absolute atomic E-state index is 10.9. The number of carboxylic acids is 1. The zero-order chi connectivity index (χ0) is 14.5. The van der Waals surface area contributed by atoms with Crippen molar-refractivity contribution < 1.29 is 9.90 Å². The van der Waals surface area contributed by atoms with Crippen LogP contribution < -0.4 is 5.32 Å². The minimum absolute atomic E-state index is 0.330. The van der Waals surface area contributed by atoms with Crippen LogP contribution in [0.1, 0.15) is 32.6 Å². The summed E-state index contributed by atoms with van der Waals surface area (Å²) in [5, 5.41) is 12.3. The second kappa shape index (κ2) is 6.35. The van der Waals surface area contributed by atoms with Crippen molar-refractivity contribution in [2.45, 2.75) is 26.9 Å². The molecule has 0 aromatic heterocycles. The molecule has 0 amide bonds. The van der Waals surface area contributed by atoms with Gasteiger partial charge in [0.1, 0.15) is 0 Å². The molecular weight excluding hydrogens is 250 g/mol. The third kappa shape index (κ3) is 3.68. The molecule has 20 heavy (non-hydrogen) atoms. The molecule has 0 radical (unpaired) electrons. The van der Waals surface area contributed by atoms with E-state index in [4.69, 9.17) is 5.11 Å². The molecular formula is C17H19NO2. The van der Waals surface area contributed by atoms with Crippen molar-refractivity contribution in [3.8, 4) is 0 Å². The zero-order valence-electron chi connectivity index (χ0n) is 11.8. The summed E-state index contributed by atoms with van der Waals surface area (Å²) < 4.78 is 0. The van der Waals surface area contributed by atoms with Crippen molar-refractivity contribution in [3.63, 3.8) is 0 Å². The molecule has 104 valence electrons. The molecule has 0 aliphatic carbocycles. The highest BCUT2D eigenvalue weighted by molar-refractivity contribution is 5.87. The first-order valence-electron chi connectivity index (χ1n) is 6.65. The van der Waals surface area contributed by atoms with Crippen molar-refractivity contribution in [1.82, 2.24) is 5.32 Å². The molecule has 2 aromatic carbocycles. The summed E-state index contributed by atoms with van der Waals surface area (Å²) >= 11 is 0. The highest BCUT2D eigenvalue weighted by Gasteiger charge is 2.03. The topological polar surface area (TPSA) is 49.3 Å². The lowest BCUT2D eigenvalue weighted by Crippen LogP contribution is -2.14. The van der Waals surface area contributed by atoms with Crippen molar-refractivity contribution in [2.75, 3.05) is 0 Å². The predicted molar refractivity (Wildman–Crippen MR) is 79.9 cm³/mol. The van der Waals surface area contributed by atoms with Gasteiger partial charge in [0.25, 0.3) is 0 Å². The monoisotopic (exact) mass is 269 g/mol. The van der Waals surface area contributed by atoms with Crippen LogP contribution in [0, 0.1) is 13.8 Å². The van der Waals surface area contributed by atoms with Gasteiger partial charge in [0.05, 0.1) is 5.56 Å². The lowest BCUT2D eigenvalue weighted by atomic mass is 10.1. The molecule has 2 aromatic rings. The number of hydrogen-bond donors (Lipinski definition) is 2. The Morgan fingerprint density at radius 3 is 2.65 bits per heavy atom. The van der Waals surface area contributed by atoms with Gasteiger partial charge >= 0.3 is 5.97 Å². The molecule has 0 heterocycles. The summed E-state index contributed by atoms with van der Waals surface area (Å²) in [4.78, 5) is 10.9. The van der Waals surface area contributed by atoms with Gasteiger partial charge in [-0.1, -0.05) is 35.9 Å². The van der Waals surface area contributed by atoms with Crippen LogP contribution >= 0.6 is 0 Å². The molecule has 0 saturated carbocycles. The lowest BCUT2D eigenvalue weighted by Gasteiger charge is -2.09. The molecule has 3 nitrogen and oxygen atoms in total. The minimum Gasteiger partial charge on any atom is -0.478 e. The Hall–Kier alpha value is -2.13. The maximum atomic E-state index is 10.9. The van der Waals surface area contributed by atoms with Crippen LogP contribution in [0.5, 0.6) is 0 Å². The van der Waals surface area contributed by atoms with Gasteiger partial charge in [-0.25, -0.2) is 4.79 Å². The Kier molecular flexibility index (Phi) is 4.53. The number of carboxylic acid groups (broad SMARTS) is 1. The zero-order valence-corrected chi connectivity index (χ0v) is 11.8. The minimum atomic E-state index is -0.888. The largest absolute Gasteiger partial charge is 0.478 e. The van der Waals surface area contributed by atoms with Crippen molar-refractivity contribution >= 4 is 5.97 Å². The smallest absolute Gasteiger partial charge is 0.335 e. The Bertz CT molecular complexity index is 620. The molecule has 0 aliphatic heterocycles. The first kappa shape index (κ1) is 14.3. The van der Waals surface area contributed by atoms with Gasteiger partial charge in [-0.15, -0.1) is 0 Å². The molecule has 2 N–H and O–H groups in total. The fraction of sp³-hybridized carbons (Fsp3) is 0.235. The summed E-state index contributed by atoms with van der Waals surface area (Å²) in [5.74, 6) is -0.888. The van der Waals surface area contributed by atoms with Gasteiger partial charge in [0, 0.05) is 13.1 Å². The van der Waals surface area contributed by atoms with Crippen LogP contribution in [-0.2, 0) is 13.1 Å². The predicted octanol–water partition coefficient (Wildman–Crippen LogP) is 3.29. The Morgan fingerprint density at radius 2 is 1.90 bits per heavy atom. The van der Waals surface area contributed by atoms with E-state index in [0.29, 0.717) is 12.1 Å². The Morgan fingerprint density at radius 1 is 1.10 bits per heavy atom. The number of hydrogen-bond acceptors (Lipinski definition) is 2.